The molecular weight excluding hydrogens is 448 g/mol. The van der Waals surface area contributed by atoms with Gasteiger partial charge in [-0.1, -0.05) is 30.3 Å². The Kier molecular flexibility index (Phi) is 6.96. The zero-order chi connectivity index (χ0) is 24.9. The number of nitrogens with zero attached hydrogens (tertiary/aromatic N) is 3. The number of esters is 1. The van der Waals surface area contributed by atoms with Crippen molar-refractivity contribution in [1.82, 2.24) is 14.8 Å². The molecule has 4 rings (SSSR count). The van der Waals surface area contributed by atoms with Crippen LogP contribution in [0.2, 0.25) is 0 Å². The first kappa shape index (κ1) is 23.7. The first-order valence-electron chi connectivity index (χ1n) is 11.0. The summed E-state index contributed by atoms with van der Waals surface area (Å²) in [5.41, 5.74) is 2.76. The molecule has 2 heterocycles. The van der Waals surface area contributed by atoms with Gasteiger partial charge in [-0.3, -0.25) is 4.79 Å². The van der Waals surface area contributed by atoms with Gasteiger partial charge in [0.1, 0.15) is 11.5 Å². The Hall–Kier alpha value is -4.40. The Morgan fingerprint density at radius 3 is 2.49 bits per heavy atom. The molecule has 2 aromatic carbocycles. The van der Waals surface area contributed by atoms with Crippen molar-refractivity contribution in [2.75, 3.05) is 26.1 Å². The van der Waals surface area contributed by atoms with Crippen LogP contribution in [0.5, 0.6) is 11.5 Å². The van der Waals surface area contributed by atoms with Gasteiger partial charge in [-0.05, 0) is 32.0 Å². The number of anilines is 1. The molecule has 0 aliphatic rings. The van der Waals surface area contributed by atoms with Gasteiger partial charge in [0, 0.05) is 17.7 Å². The number of benzene rings is 2. The van der Waals surface area contributed by atoms with E-state index in [0.717, 1.165) is 5.56 Å². The van der Waals surface area contributed by atoms with Crippen LogP contribution in [0.15, 0.2) is 60.8 Å². The Morgan fingerprint density at radius 2 is 1.80 bits per heavy atom. The number of hydrogen-bond donors (Lipinski definition) is 1. The number of amides is 1. The third-order valence-electron chi connectivity index (χ3n) is 5.36. The number of carbonyl (C=O) groups excluding carboxylic acids is 2. The maximum absolute atomic E-state index is 13.1. The number of pyridine rings is 1. The van der Waals surface area contributed by atoms with Crippen LogP contribution in [0.4, 0.5) is 5.69 Å². The molecule has 0 unspecified atom stereocenters. The van der Waals surface area contributed by atoms with Crippen molar-refractivity contribution in [3.8, 4) is 22.8 Å². The highest BCUT2D eigenvalue weighted by Gasteiger charge is 2.20. The van der Waals surface area contributed by atoms with Crippen LogP contribution in [-0.2, 0) is 9.53 Å². The maximum Gasteiger partial charge on any atom is 0.339 e. The van der Waals surface area contributed by atoms with Crippen molar-refractivity contribution in [3.05, 3.63) is 66.4 Å². The van der Waals surface area contributed by atoms with Gasteiger partial charge in [-0.2, -0.15) is 5.10 Å². The summed E-state index contributed by atoms with van der Waals surface area (Å²) in [5, 5.41) is 7.64. The van der Waals surface area contributed by atoms with Crippen LogP contribution in [0.3, 0.4) is 0 Å². The molecule has 4 aromatic rings. The molecule has 0 bridgehead atoms. The molecule has 9 heteroatoms. The monoisotopic (exact) mass is 474 g/mol. The summed E-state index contributed by atoms with van der Waals surface area (Å²) in [7, 11) is 3.03. The molecule has 0 fully saturated rings. The Labute approximate surface area is 202 Å². The molecule has 0 saturated carbocycles. The van der Waals surface area contributed by atoms with Gasteiger partial charge in [0.25, 0.3) is 5.91 Å². The first-order chi connectivity index (χ1) is 16.9. The molecule has 2 aromatic heterocycles. The van der Waals surface area contributed by atoms with E-state index in [4.69, 9.17) is 19.2 Å². The Balaban J connectivity index is 1.57. The second-order valence-corrected chi connectivity index (χ2v) is 8.03. The summed E-state index contributed by atoms with van der Waals surface area (Å²) >= 11 is 0. The van der Waals surface area contributed by atoms with Gasteiger partial charge in [0.15, 0.2) is 12.3 Å². The number of aromatic nitrogens is 3. The predicted octanol–water partition coefficient (Wildman–Crippen LogP) is 4.49. The lowest BCUT2D eigenvalue weighted by Gasteiger charge is -2.12. The standard InChI is InChI=1S/C26H26N4O5/c1-16(2)30-25-20(14-27-30)19(13-22(29-25)17-8-6-5-7-9-17)26(32)35-15-24(31)28-21-11-10-18(33-3)12-23(21)34-4/h5-14,16H,15H2,1-4H3,(H,28,31). The Morgan fingerprint density at radius 1 is 1.03 bits per heavy atom. The highest BCUT2D eigenvalue weighted by atomic mass is 16.5. The number of ether oxygens (including phenoxy) is 3. The molecule has 0 radical (unpaired) electrons. The molecule has 0 spiro atoms. The van der Waals surface area contributed by atoms with Gasteiger partial charge < -0.3 is 19.5 Å². The summed E-state index contributed by atoms with van der Waals surface area (Å²) < 4.78 is 17.6. The van der Waals surface area contributed by atoms with Crippen molar-refractivity contribution in [2.45, 2.75) is 19.9 Å². The summed E-state index contributed by atoms with van der Waals surface area (Å²) in [6.45, 7) is 3.50. The molecule has 1 N–H and O–H groups in total. The van der Waals surface area contributed by atoms with E-state index in [9.17, 15) is 9.59 Å². The topological polar surface area (TPSA) is 105 Å². The van der Waals surface area contributed by atoms with E-state index in [0.29, 0.717) is 33.9 Å². The maximum atomic E-state index is 13.1. The smallest absolute Gasteiger partial charge is 0.339 e. The normalized spacial score (nSPS) is 10.9. The van der Waals surface area contributed by atoms with E-state index < -0.39 is 18.5 Å². The van der Waals surface area contributed by atoms with Gasteiger partial charge in [0.2, 0.25) is 0 Å². The average Bonchev–Trinajstić information content (AvgIpc) is 3.32. The van der Waals surface area contributed by atoms with Gasteiger partial charge >= 0.3 is 5.97 Å². The lowest BCUT2D eigenvalue weighted by molar-refractivity contribution is -0.119. The fourth-order valence-corrected chi connectivity index (χ4v) is 3.62. The average molecular weight is 475 g/mol. The van der Waals surface area contributed by atoms with Crippen LogP contribution < -0.4 is 14.8 Å². The van der Waals surface area contributed by atoms with Crippen molar-refractivity contribution >= 4 is 28.6 Å². The zero-order valence-corrected chi connectivity index (χ0v) is 19.9. The molecule has 1 amide bonds. The summed E-state index contributed by atoms with van der Waals surface area (Å²) in [6, 6.07) is 16.2. The van der Waals surface area contributed by atoms with Crippen LogP contribution in [0, 0.1) is 0 Å². The van der Waals surface area contributed by atoms with Crippen LogP contribution in [0.1, 0.15) is 30.2 Å². The molecule has 180 valence electrons. The highest BCUT2D eigenvalue weighted by Crippen LogP contribution is 2.29. The predicted molar refractivity (Wildman–Crippen MR) is 132 cm³/mol. The third-order valence-corrected chi connectivity index (χ3v) is 5.36. The van der Waals surface area contributed by atoms with Gasteiger partial charge in [0.05, 0.1) is 42.7 Å². The second kappa shape index (κ2) is 10.3. The summed E-state index contributed by atoms with van der Waals surface area (Å²) in [4.78, 5) is 30.3. The van der Waals surface area contributed by atoms with E-state index in [2.05, 4.69) is 10.4 Å². The second-order valence-electron chi connectivity index (χ2n) is 8.03. The summed E-state index contributed by atoms with van der Waals surface area (Å²) in [6.07, 6.45) is 1.59. The summed E-state index contributed by atoms with van der Waals surface area (Å²) in [5.74, 6) is -0.138. The fraction of sp³-hybridized carbons (Fsp3) is 0.231. The fourth-order valence-electron chi connectivity index (χ4n) is 3.62. The van der Waals surface area contributed by atoms with Crippen molar-refractivity contribution in [2.24, 2.45) is 0 Å². The molecular formula is C26H26N4O5. The number of fused-ring (bicyclic) bond motifs is 1. The number of hydrogen-bond acceptors (Lipinski definition) is 7. The minimum atomic E-state index is -0.644. The quantitative estimate of drug-likeness (QED) is 0.375. The van der Waals surface area contributed by atoms with Crippen LogP contribution >= 0.6 is 0 Å². The number of nitrogens with one attached hydrogen (secondary N) is 1. The number of methoxy groups -OCH3 is 2. The SMILES string of the molecule is COc1ccc(NC(=O)COC(=O)c2cc(-c3ccccc3)nc3c2cnn3C(C)C)c(OC)c1. The van der Waals surface area contributed by atoms with Crippen LogP contribution in [0.25, 0.3) is 22.3 Å². The molecule has 9 nitrogen and oxygen atoms in total. The van der Waals surface area contributed by atoms with E-state index in [-0.39, 0.29) is 11.6 Å². The largest absolute Gasteiger partial charge is 0.497 e. The van der Waals surface area contributed by atoms with E-state index in [1.54, 1.807) is 35.1 Å². The number of carbonyl (C=O) groups is 2. The lowest BCUT2D eigenvalue weighted by atomic mass is 10.1. The molecule has 0 saturated heterocycles. The van der Waals surface area contributed by atoms with Gasteiger partial charge in [-0.15, -0.1) is 0 Å². The number of rotatable bonds is 8. The zero-order valence-electron chi connectivity index (χ0n) is 19.9. The van der Waals surface area contributed by atoms with E-state index in [1.807, 2.05) is 44.2 Å². The minimum Gasteiger partial charge on any atom is -0.497 e. The molecule has 0 aliphatic carbocycles. The van der Waals surface area contributed by atoms with E-state index >= 15 is 0 Å². The van der Waals surface area contributed by atoms with E-state index in [1.165, 1.54) is 14.2 Å². The van der Waals surface area contributed by atoms with Crippen molar-refractivity contribution < 1.29 is 23.8 Å². The highest BCUT2D eigenvalue weighted by molar-refractivity contribution is 6.05. The van der Waals surface area contributed by atoms with Crippen molar-refractivity contribution in [1.29, 1.82) is 0 Å². The third kappa shape index (κ3) is 5.08. The molecule has 35 heavy (non-hydrogen) atoms. The Bertz CT molecular complexity index is 1370. The molecule has 0 aliphatic heterocycles. The minimum absolute atomic E-state index is 0.0418. The van der Waals surface area contributed by atoms with Crippen molar-refractivity contribution in [3.63, 3.8) is 0 Å². The molecule has 0 atom stereocenters. The first-order valence-corrected chi connectivity index (χ1v) is 11.0. The van der Waals surface area contributed by atoms with Crippen LogP contribution in [-0.4, -0.2) is 47.5 Å². The lowest BCUT2D eigenvalue weighted by Crippen LogP contribution is -2.21. The van der Waals surface area contributed by atoms with Gasteiger partial charge in [-0.25, -0.2) is 14.5 Å².